The van der Waals surface area contributed by atoms with Gasteiger partial charge in [0.1, 0.15) is 6.04 Å². The summed E-state index contributed by atoms with van der Waals surface area (Å²) in [5.74, 6) is -0.349. The zero-order valence-corrected chi connectivity index (χ0v) is 9.41. The highest BCUT2D eigenvalue weighted by molar-refractivity contribution is 14.1. The van der Waals surface area contributed by atoms with Crippen molar-refractivity contribution in [1.29, 1.82) is 0 Å². The molecule has 0 aliphatic rings. The third-order valence-electron chi connectivity index (χ3n) is 1.65. The van der Waals surface area contributed by atoms with Gasteiger partial charge in [-0.05, 0) is 53.8 Å². The molecule has 1 rings (SSSR count). The molecular weight excluding hydrogens is 279 g/mol. The molecule has 0 aliphatic heterocycles. The minimum Gasteiger partial charge on any atom is -0.374 e. The van der Waals surface area contributed by atoms with Crippen LogP contribution in [0.25, 0.3) is 0 Å². The summed E-state index contributed by atoms with van der Waals surface area (Å²) in [5, 5.41) is 2.99. The molecule has 3 N–H and O–H groups in total. The number of hydrogen-bond donors (Lipinski definition) is 2. The monoisotopic (exact) mass is 290 g/mol. The molecule has 70 valence electrons. The molecule has 13 heavy (non-hydrogen) atoms. The normalized spacial score (nSPS) is 12.2. The Morgan fingerprint density at radius 1 is 1.46 bits per heavy atom. The Balaban J connectivity index is 2.64. The maximum Gasteiger partial charge on any atom is 0.239 e. The molecule has 0 fully saturated rings. The molecule has 0 radical (unpaired) electrons. The highest BCUT2D eigenvalue weighted by Crippen LogP contribution is 2.11. The van der Waals surface area contributed by atoms with Crippen molar-refractivity contribution in [1.82, 2.24) is 0 Å². The lowest BCUT2D eigenvalue weighted by molar-refractivity contribution is -0.118. The van der Waals surface area contributed by atoms with Gasteiger partial charge in [0.25, 0.3) is 0 Å². The molecule has 0 bridgehead atoms. The molecule has 0 unspecified atom stereocenters. The lowest BCUT2D eigenvalue weighted by Gasteiger charge is -2.11. The standard InChI is InChI=1S/C9H11IN2O/c1-6(9(11)13)12-8-4-2-7(10)3-5-8/h2-6,12H,1H3,(H2,11,13)/t6-/m0/s1. The molecule has 1 aromatic rings. The molecule has 0 aromatic heterocycles. The molecule has 1 aromatic carbocycles. The first-order valence-corrected chi connectivity index (χ1v) is 4.99. The van der Waals surface area contributed by atoms with Crippen LogP contribution < -0.4 is 11.1 Å². The molecule has 1 atom stereocenters. The number of hydrogen-bond acceptors (Lipinski definition) is 2. The van der Waals surface area contributed by atoms with Crippen molar-refractivity contribution in [3.8, 4) is 0 Å². The fraction of sp³-hybridized carbons (Fsp3) is 0.222. The molecule has 0 heterocycles. The Bertz CT molecular complexity index is 297. The third kappa shape index (κ3) is 3.22. The minimum atomic E-state index is -0.349. The van der Waals surface area contributed by atoms with Gasteiger partial charge in [-0.25, -0.2) is 0 Å². The van der Waals surface area contributed by atoms with Gasteiger partial charge in [0.05, 0.1) is 0 Å². The topological polar surface area (TPSA) is 55.1 Å². The van der Waals surface area contributed by atoms with Crippen LogP contribution in [0.15, 0.2) is 24.3 Å². The van der Waals surface area contributed by atoms with Crippen LogP contribution in [0.1, 0.15) is 6.92 Å². The van der Waals surface area contributed by atoms with Gasteiger partial charge < -0.3 is 11.1 Å². The van der Waals surface area contributed by atoms with Gasteiger partial charge in [-0.15, -0.1) is 0 Å². The number of carbonyl (C=O) groups excluding carboxylic acids is 1. The van der Waals surface area contributed by atoms with E-state index in [2.05, 4.69) is 27.9 Å². The van der Waals surface area contributed by atoms with E-state index in [1.54, 1.807) is 6.92 Å². The molecule has 3 nitrogen and oxygen atoms in total. The summed E-state index contributed by atoms with van der Waals surface area (Å²) in [7, 11) is 0. The van der Waals surface area contributed by atoms with Crippen molar-refractivity contribution in [3.63, 3.8) is 0 Å². The molecule has 0 saturated carbocycles. The molecular formula is C9H11IN2O. The highest BCUT2D eigenvalue weighted by atomic mass is 127. The van der Waals surface area contributed by atoms with Crippen LogP contribution in [0.5, 0.6) is 0 Å². The minimum absolute atomic E-state index is 0.333. The number of carbonyl (C=O) groups is 1. The van der Waals surface area contributed by atoms with Crippen LogP contribution in [-0.2, 0) is 4.79 Å². The largest absolute Gasteiger partial charge is 0.374 e. The van der Waals surface area contributed by atoms with Gasteiger partial charge in [-0.2, -0.15) is 0 Å². The molecule has 0 spiro atoms. The van der Waals surface area contributed by atoms with E-state index >= 15 is 0 Å². The first-order chi connectivity index (χ1) is 6.09. The van der Waals surface area contributed by atoms with Gasteiger partial charge in [-0.1, -0.05) is 0 Å². The van der Waals surface area contributed by atoms with Crippen LogP contribution in [-0.4, -0.2) is 11.9 Å². The zero-order chi connectivity index (χ0) is 9.84. The maximum absolute atomic E-state index is 10.7. The van der Waals surface area contributed by atoms with Gasteiger partial charge in [-0.3, -0.25) is 4.79 Å². The summed E-state index contributed by atoms with van der Waals surface area (Å²) >= 11 is 2.22. The Hall–Kier alpha value is -0.780. The van der Waals surface area contributed by atoms with E-state index in [1.165, 1.54) is 0 Å². The van der Waals surface area contributed by atoms with Crippen molar-refractivity contribution in [2.24, 2.45) is 5.73 Å². The van der Waals surface area contributed by atoms with Gasteiger partial charge in [0, 0.05) is 9.26 Å². The number of nitrogens with two attached hydrogens (primary N) is 1. The molecule has 0 aliphatic carbocycles. The van der Waals surface area contributed by atoms with Crippen molar-refractivity contribution in [3.05, 3.63) is 27.8 Å². The average molecular weight is 290 g/mol. The van der Waals surface area contributed by atoms with E-state index in [0.29, 0.717) is 0 Å². The smallest absolute Gasteiger partial charge is 0.239 e. The Kier molecular flexibility index (Phi) is 3.53. The van der Waals surface area contributed by atoms with Crippen LogP contribution in [0.3, 0.4) is 0 Å². The van der Waals surface area contributed by atoms with Gasteiger partial charge in [0.15, 0.2) is 0 Å². The average Bonchev–Trinajstić information content (AvgIpc) is 2.08. The molecule has 0 saturated heterocycles. The number of amides is 1. The second kappa shape index (κ2) is 4.45. The predicted octanol–water partition coefficient (Wildman–Crippen LogP) is 1.58. The van der Waals surface area contributed by atoms with Crippen LogP contribution >= 0.6 is 22.6 Å². The number of rotatable bonds is 3. The molecule has 4 heteroatoms. The first kappa shape index (κ1) is 10.3. The lowest BCUT2D eigenvalue weighted by atomic mass is 10.2. The van der Waals surface area contributed by atoms with E-state index in [-0.39, 0.29) is 11.9 Å². The Morgan fingerprint density at radius 2 is 2.00 bits per heavy atom. The predicted molar refractivity (Wildman–Crippen MR) is 61.4 cm³/mol. The summed E-state index contributed by atoms with van der Waals surface area (Å²) in [4.78, 5) is 10.7. The van der Waals surface area contributed by atoms with Crippen LogP contribution in [0.4, 0.5) is 5.69 Å². The number of benzene rings is 1. The fourth-order valence-electron chi connectivity index (χ4n) is 0.867. The van der Waals surface area contributed by atoms with Gasteiger partial charge in [0.2, 0.25) is 5.91 Å². The number of primary amides is 1. The van der Waals surface area contributed by atoms with E-state index in [4.69, 9.17) is 5.73 Å². The van der Waals surface area contributed by atoms with Crippen molar-refractivity contribution < 1.29 is 4.79 Å². The second-order valence-corrected chi connectivity index (χ2v) is 4.02. The Labute approximate surface area is 90.8 Å². The van der Waals surface area contributed by atoms with E-state index in [9.17, 15) is 4.79 Å². The van der Waals surface area contributed by atoms with Crippen LogP contribution in [0.2, 0.25) is 0 Å². The summed E-state index contributed by atoms with van der Waals surface area (Å²) in [5.41, 5.74) is 6.02. The number of halogens is 1. The maximum atomic E-state index is 10.7. The summed E-state index contributed by atoms with van der Waals surface area (Å²) in [6.45, 7) is 1.74. The van der Waals surface area contributed by atoms with E-state index in [1.807, 2.05) is 24.3 Å². The Morgan fingerprint density at radius 3 is 2.46 bits per heavy atom. The second-order valence-electron chi connectivity index (χ2n) is 2.78. The number of anilines is 1. The quantitative estimate of drug-likeness (QED) is 0.830. The van der Waals surface area contributed by atoms with Crippen molar-refractivity contribution in [2.45, 2.75) is 13.0 Å². The SMILES string of the molecule is C[C@H](Nc1ccc(I)cc1)C(N)=O. The van der Waals surface area contributed by atoms with Crippen molar-refractivity contribution in [2.75, 3.05) is 5.32 Å². The molecule has 1 amide bonds. The van der Waals surface area contributed by atoms with Crippen LogP contribution in [0, 0.1) is 3.57 Å². The first-order valence-electron chi connectivity index (χ1n) is 3.91. The highest BCUT2D eigenvalue weighted by Gasteiger charge is 2.06. The van der Waals surface area contributed by atoms with Gasteiger partial charge >= 0.3 is 0 Å². The van der Waals surface area contributed by atoms with Crippen molar-refractivity contribution >= 4 is 34.2 Å². The fourth-order valence-corrected chi connectivity index (χ4v) is 1.23. The summed E-state index contributed by atoms with van der Waals surface area (Å²) < 4.78 is 1.16. The van der Waals surface area contributed by atoms with E-state index < -0.39 is 0 Å². The zero-order valence-electron chi connectivity index (χ0n) is 7.25. The third-order valence-corrected chi connectivity index (χ3v) is 2.37. The number of nitrogens with one attached hydrogen (secondary N) is 1. The summed E-state index contributed by atoms with van der Waals surface area (Å²) in [6, 6.07) is 7.44. The van der Waals surface area contributed by atoms with E-state index in [0.717, 1.165) is 9.26 Å². The summed E-state index contributed by atoms with van der Waals surface area (Å²) in [6.07, 6.45) is 0. The lowest BCUT2D eigenvalue weighted by Crippen LogP contribution is -2.32.